The molecule has 2 fully saturated rings. The Kier molecular flexibility index (Phi) is 42.0. The van der Waals surface area contributed by atoms with Crippen LogP contribution in [0.1, 0.15) is 200 Å². The molecule has 2 heterocycles. The molecule has 2 aliphatic rings. The summed E-state index contributed by atoms with van der Waals surface area (Å²) in [6.45, 7) is 2.59. The lowest BCUT2D eigenvalue weighted by Crippen LogP contribution is -2.65. The van der Waals surface area contributed by atoms with Crippen LogP contribution >= 0.6 is 0 Å². The normalized spacial score (nSPS) is 25.7. The number of allylic oxidation sites excluding steroid dienone is 14. The number of unbranched alkanes of at least 4 members (excludes halogenated alkanes) is 18. The first-order valence-corrected chi connectivity index (χ1v) is 29.3. The minimum absolute atomic E-state index is 0.219. The van der Waals surface area contributed by atoms with E-state index in [4.69, 9.17) is 18.9 Å². The number of amides is 1. The second-order valence-electron chi connectivity index (χ2n) is 20.4. The molecule has 2 aliphatic heterocycles. The van der Waals surface area contributed by atoms with Crippen LogP contribution in [0.2, 0.25) is 0 Å². The van der Waals surface area contributed by atoms with E-state index in [-0.39, 0.29) is 12.5 Å². The molecule has 75 heavy (non-hydrogen) atoms. The molecule has 0 aromatic carbocycles. The van der Waals surface area contributed by atoms with Gasteiger partial charge in [-0.2, -0.15) is 0 Å². The van der Waals surface area contributed by atoms with Crippen molar-refractivity contribution < 1.29 is 64.6 Å². The molecular weight excluding hydrogens is 955 g/mol. The maximum Gasteiger partial charge on any atom is 0.220 e. The molecule has 14 nitrogen and oxygen atoms in total. The zero-order valence-electron chi connectivity index (χ0n) is 46.3. The lowest BCUT2D eigenvalue weighted by molar-refractivity contribution is -0.359. The molecule has 432 valence electrons. The van der Waals surface area contributed by atoms with Gasteiger partial charge >= 0.3 is 0 Å². The summed E-state index contributed by atoms with van der Waals surface area (Å²) in [5, 5.41) is 86.4. The Balaban J connectivity index is 1.51. The Bertz CT molecular complexity index is 1580. The van der Waals surface area contributed by atoms with E-state index in [1.165, 1.54) is 77.0 Å². The Morgan fingerprint density at radius 1 is 0.493 bits per heavy atom. The Morgan fingerprint density at radius 3 is 1.40 bits per heavy atom. The molecule has 14 heteroatoms. The van der Waals surface area contributed by atoms with Crippen molar-refractivity contribution >= 4 is 5.91 Å². The first-order chi connectivity index (χ1) is 36.6. The topological polar surface area (TPSA) is 228 Å². The van der Waals surface area contributed by atoms with Crippen molar-refractivity contribution in [2.45, 2.75) is 274 Å². The molecule has 0 spiro atoms. The van der Waals surface area contributed by atoms with Crippen molar-refractivity contribution in [3.8, 4) is 0 Å². The lowest BCUT2D eigenvalue weighted by Gasteiger charge is -2.46. The molecular formula is C61H105NO13. The number of ether oxygens (including phenoxy) is 4. The highest BCUT2D eigenvalue weighted by atomic mass is 16.7. The fourth-order valence-electron chi connectivity index (χ4n) is 9.16. The second kappa shape index (κ2) is 46.1. The smallest absolute Gasteiger partial charge is 0.220 e. The van der Waals surface area contributed by atoms with E-state index in [1.54, 1.807) is 0 Å². The molecule has 0 aromatic rings. The minimum Gasteiger partial charge on any atom is -0.394 e. The first-order valence-electron chi connectivity index (χ1n) is 29.3. The molecule has 2 rings (SSSR count). The van der Waals surface area contributed by atoms with E-state index in [9.17, 15) is 45.6 Å². The molecule has 0 bridgehead atoms. The standard InChI is InChI=1S/C61H105NO13/c1-3-5-7-9-10-11-12-13-14-15-16-17-18-19-20-21-22-23-24-25-26-27-28-29-30-31-32-33-34-35-36-37-38-39-40-41-43-45-53(66)62-49(50(65)44-42-8-6-4-2)48-72-60-58(71)56(69)59(52(47-64)74-60)75-61-57(70)55(68)54(67)51(46-63)73-61/h5,7,10-11,13-14,16-17,19-20,22-23,25-26,49-52,54-61,63-65,67-71H,3-4,6,8-9,12,15,18,21,24,27-48H2,1-2H3,(H,62,66)/b7-5-,11-10-,14-13-,17-16-,20-19-,23-22-,26-25-. The van der Waals surface area contributed by atoms with Gasteiger partial charge in [0.1, 0.15) is 48.8 Å². The summed E-state index contributed by atoms with van der Waals surface area (Å²) < 4.78 is 22.6. The molecule has 0 saturated carbocycles. The first kappa shape index (κ1) is 68.3. The summed E-state index contributed by atoms with van der Waals surface area (Å²) in [7, 11) is 0. The SMILES string of the molecule is CC/C=C\C/C=C\C/C=C\C/C=C\C/C=C\C/C=C\C/C=C\CCCCCCCCCCCCCCCCCC(=O)NC(COC1OC(CO)C(OC2OC(CO)C(O)C(O)C2O)C(O)C1O)C(O)CCCCCC. The van der Waals surface area contributed by atoms with Gasteiger partial charge in [0.2, 0.25) is 5.91 Å². The van der Waals surface area contributed by atoms with Gasteiger partial charge in [0.05, 0.1) is 32.0 Å². The fourth-order valence-corrected chi connectivity index (χ4v) is 9.16. The van der Waals surface area contributed by atoms with Gasteiger partial charge in [-0.3, -0.25) is 4.79 Å². The van der Waals surface area contributed by atoms with Gasteiger partial charge < -0.3 is 65.1 Å². The van der Waals surface area contributed by atoms with Gasteiger partial charge in [0.25, 0.3) is 0 Å². The molecule has 2 saturated heterocycles. The second-order valence-corrected chi connectivity index (χ2v) is 20.4. The maximum atomic E-state index is 13.1. The third-order valence-electron chi connectivity index (χ3n) is 13.9. The zero-order chi connectivity index (χ0) is 54.6. The van der Waals surface area contributed by atoms with E-state index < -0.39 is 86.8 Å². The monoisotopic (exact) mass is 1060 g/mol. The Hall–Kier alpha value is -2.83. The largest absolute Gasteiger partial charge is 0.394 e. The summed E-state index contributed by atoms with van der Waals surface area (Å²) in [5.74, 6) is -0.219. The van der Waals surface area contributed by atoms with E-state index in [0.717, 1.165) is 96.3 Å². The third-order valence-corrected chi connectivity index (χ3v) is 13.9. The molecule has 0 radical (unpaired) electrons. The van der Waals surface area contributed by atoms with Gasteiger partial charge in [-0.15, -0.1) is 0 Å². The maximum absolute atomic E-state index is 13.1. The van der Waals surface area contributed by atoms with Crippen LogP contribution < -0.4 is 5.32 Å². The lowest BCUT2D eigenvalue weighted by atomic mass is 9.97. The van der Waals surface area contributed by atoms with Crippen molar-refractivity contribution in [1.29, 1.82) is 0 Å². The summed E-state index contributed by atoms with van der Waals surface area (Å²) >= 11 is 0. The Morgan fingerprint density at radius 2 is 0.920 bits per heavy atom. The number of nitrogens with one attached hydrogen (secondary N) is 1. The highest BCUT2D eigenvalue weighted by molar-refractivity contribution is 5.76. The average Bonchev–Trinajstić information content (AvgIpc) is 3.41. The quantitative estimate of drug-likeness (QED) is 0.0205. The summed E-state index contributed by atoms with van der Waals surface area (Å²) in [4.78, 5) is 13.1. The zero-order valence-corrected chi connectivity index (χ0v) is 46.3. The summed E-state index contributed by atoms with van der Waals surface area (Å²) in [6.07, 6.45) is 45.6. The number of aliphatic hydroxyl groups excluding tert-OH is 8. The van der Waals surface area contributed by atoms with Crippen LogP contribution in [0.15, 0.2) is 85.1 Å². The van der Waals surface area contributed by atoms with E-state index in [1.807, 2.05) is 0 Å². The van der Waals surface area contributed by atoms with Crippen molar-refractivity contribution in [3.05, 3.63) is 85.1 Å². The van der Waals surface area contributed by atoms with Crippen molar-refractivity contribution in [1.82, 2.24) is 5.32 Å². The number of hydrogen-bond acceptors (Lipinski definition) is 13. The predicted octanol–water partition coefficient (Wildman–Crippen LogP) is 9.72. The van der Waals surface area contributed by atoms with Crippen LogP contribution in [0, 0.1) is 0 Å². The predicted molar refractivity (Wildman–Crippen MR) is 300 cm³/mol. The Labute approximate surface area is 452 Å². The van der Waals surface area contributed by atoms with Crippen LogP contribution in [-0.4, -0.2) is 140 Å². The number of rotatable bonds is 45. The van der Waals surface area contributed by atoms with Crippen molar-refractivity contribution in [3.63, 3.8) is 0 Å². The van der Waals surface area contributed by atoms with Crippen LogP contribution in [0.5, 0.6) is 0 Å². The number of hydrogen-bond donors (Lipinski definition) is 9. The van der Waals surface area contributed by atoms with Crippen LogP contribution in [0.3, 0.4) is 0 Å². The van der Waals surface area contributed by atoms with Gasteiger partial charge in [0, 0.05) is 6.42 Å². The minimum atomic E-state index is -1.78. The highest BCUT2D eigenvalue weighted by Gasteiger charge is 2.51. The molecule has 0 aromatic heterocycles. The number of carbonyl (C=O) groups is 1. The van der Waals surface area contributed by atoms with Gasteiger partial charge in [-0.1, -0.05) is 208 Å². The van der Waals surface area contributed by atoms with E-state index in [2.05, 4.69) is 104 Å². The van der Waals surface area contributed by atoms with Crippen molar-refractivity contribution in [2.75, 3.05) is 19.8 Å². The molecule has 12 unspecified atom stereocenters. The van der Waals surface area contributed by atoms with Gasteiger partial charge in [0.15, 0.2) is 12.6 Å². The molecule has 1 amide bonds. The van der Waals surface area contributed by atoms with E-state index >= 15 is 0 Å². The molecule has 12 atom stereocenters. The summed E-state index contributed by atoms with van der Waals surface area (Å²) in [5.41, 5.74) is 0. The van der Waals surface area contributed by atoms with Gasteiger partial charge in [-0.25, -0.2) is 0 Å². The fraction of sp³-hybridized carbons (Fsp3) is 0.754. The van der Waals surface area contributed by atoms with E-state index in [0.29, 0.717) is 12.8 Å². The average molecular weight is 1060 g/mol. The highest BCUT2D eigenvalue weighted by Crippen LogP contribution is 2.30. The van der Waals surface area contributed by atoms with Crippen LogP contribution in [-0.2, 0) is 23.7 Å². The summed E-state index contributed by atoms with van der Waals surface area (Å²) in [6, 6.07) is -0.827. The van der Waals surface area contributed by atoms with Crippen molar-refractivity contribution in [2.24, 2.45) is 0 Å². The molecule has 9 N–H and O–H groups in total. The molecule has 0 aliphatic carbocycles. The third kappa shape index (κ3) is 32.0. The van der Waals surface area contributed by atoms with Gasteiger partial charge in [-0.05, 0) is 70.6 Å². The van der Waals surface area contributed by atoms with Crippen LogP contribution in [0.25, 0.3) is 0 Å². The number of aliphatic hydroxyl groups is 8. The van der Waals surface area contributed by atoms with Crippen LogP contribution in [0.4, 0.5) is 0 Å². The number of carbonyl (C=O) groups excluding carboxylic acids is 1.